The van der Waals surface area contributed by atoms with Crippen molar-refractivity contribution in [2.24, 2.45) is 5.92 Å². The van der Waals surface area contributed by atoms with Crippen LogP contribution in [0.2, 0.25) is 5.02 Å². The summed E-state index contributed by atoms with van der Waals surface area (Å²) in [5, 5.41) is 3.40. The number of amides is 2. The summed E-state index contributed by atoms with van der Waals surface area (Å²) in [5.41, 5.74) is 2.91. The molecule has 24 heavy (non-hydrogen) atoms. The molecule has 0 aliphatic carbocycles. The van der Waals surface area contributed by atoms with E-state index < -0.39 is 0 Å². The van der Waals surface area contributed by atoms with Crippen molar-refractivity contribution in [3.05, 3.63) is 64.7 Å². The zero-order valence-corrected chi connectivity index (χ0v) is 14.2. The van der Waals surface area contributed by atoms with Crippen molar-refractivity contribution in [3.8, 4) is 0 Å². The Bertz CT molecular complexity index is 758. The van der Waals surface area contributed by atoms with Crippen molar-refractivity contribution in [1.82, 2.24) is 4.90 Å². The maximum atomic E-state index is 12.4. The van der Waals surface area contributed by atoms with Crippen LogP contribution >= 0.6 is 11.6 Å². The lowest BCUT2D eigenvalue weighted by atomic mass is 10.1. The van der Waals surface area contributed by atoms with E-state index >= 15 is 0 Å². The van der Waals surface area contributed by atoms with Crippen molar-refractivity contribution in [2.45, 2.75) is 19.9 Å². The van der Waals surface area contributed by atoms with Gasteiger partial charge >= 0.3 is 0 Å². The van der Waals surface area contributed by atoms with Gasteiger partial charge in [-0.25, -0.2) is 0 Å². The van der Waals surface area contributed by atoms with Gasteiger partial charge in [0, 0.05) is 30.2 Å². The van der Waals surface area contributed by atoms with E-state index in [2.05, 4.69) is 5.32 Å². The van der Waals surface area contributed by atoms with Gasteiger partial charge < -0.3 is 10.2 Å². The molecule has 1 atom stereocenters. The third-order valence-electron chi connectivity index (χ3n) is 4.17. The molecule has 1 fully saturated rings. The number of hydrogen-bond donors (Lipinski definition) is 1. The number of hydrogen-bond acceptors (Lipinski definition) is 2. The molecule has 4 nitrogen and oxygen atoms in total. The Kier molecular flexibility index (Phi) is 4.86. The molecular weight excluding hydrogens is 324 g/mol. The lowest BCUT2D eigenvalue weighted by Crippen LogP contribution is -2.28. The molecule has 2 amide bonds. The zero-order valence-electron chi connectivity index (χ0n) is 13.5. The topological polar surface area (TPSA) is 49.4 Å². The zero-order chi connectivity index (χ0) is 17.1. The molecule has 0 unspecified atom stereocenters. The first-order valence-corrected chi connectivity index (χ1v) is 8.29. The van der Waals surface area contributed by atoms with Gasteiger partial charge in [0.15, 0.2) is 0 Å². The number of benzene rings is 2. The highest BCUT2D eigenvalue weighted by Crippen LogP contribution is 2.23. The standard InChI is InChI=1S/C19H19ClN2O2/c1-13-5-7-14(8-6-13)11-22-12-15(9-18(22)23)19(24)21-17-4-2-3-16(20)10-17/h2-8,10,15H,9,11-12H2,1H3,(H,21,24)/t15-/m1/s1. The molecule has 0 aromatic heterocycles. The molecule has 5 heteroatoms. The minimum Gasteiger partial charge on any atom is -0.338 e. The number of anilines is 1. The van der Waals surface area contributed by atoms with Gasteiger partial charge in [-0.05, 0) is 30.7 Å². The maximum absolute atomic E-state index is 12.4. The molecule has 1 N–H and O–H groups in total. The summed E-state index contributed by atoms with van der Waals surface area (Å²) in [6, 6.07) is 15.1. The molecule has 0 bridgehead atoms. The Balaban J connectivity index is 1.61. The molecule has 0 saturated carbocycles. The molecule has 124 valence electrons. The fraction of sp³-hybridized carbons (Fsp3) is 0.263. The summed E-state index contributed by atoms with van der Waals surface area (Å²) >= 11 is 5.92. The summed E-state index contributed by atoms with van der Waals surface area (Å²) in [6.07, 6.45) is 0.248. The van der Waals surface area contributed by atoms with Gasteiger partial charge in [-0.3, -0.25) is 9.59 Å². The number of nitrogens with zero attached hydrogens (tertiary/aromatic N) is 1. The van der Waals surface area contributed by atoms with Crippen LogP contribution in [0, 0.1) is 12.8 Å². The van der Waals surface area contributed by atoms with Crippen molar-refractivity contribution in [1.29, 1.82) is 0 Å². The van der Waals surface area contributed by atoms with E-state index in [4.69, 9.17) is 11.6 Å². The Hall–Kier alpha value is -2.33. The summed E-state index contributed by atoms with van der Waals surface area (Å²) in [5.74, 6) is -0.458. The van der Waals surface area contributed by atoms with E-state index in [-0.39, 0.29) is 24.2 Å². The number of likely N-dealkylation sites (tertiary alicyclic amines) is 1. The first kappa shape index (κ1) is 16.5. The van der Waals surface area contributed by atoms with E-state index in [9.17, 15) is 9.59 Å². The Morgan fingerprint density at radius 3 is 2.71 bits per heavy atom. The van der Waals surface area contributed by atoms with Crippen LogP contribution < -0.4 is 5.32 Å². The third kappa shape index (κ3) is 3.95. The molecule has 1 saturated heterocycles. The molecule has 1 aliphatic rings. The molecule has 1 heterocycles. The minimum absolute atomic E-state index is 0.0156. The molecule has 0 spiro atoms. The average Bonchev–Trinajstić information content (AvgIpc) is 2.91. The SMILES string of the molecule is Cc1ccc(CN2C[C@H](C(=O)Nc3cccc(Cl)c3)CC2=O)cc1. The van der Waals surface area contributed by atoms with Crippen LogP contribution in [0.3, 0.4) is 0 Å². The van der Waals surface area contributed by atoms with Gasteiger partial charge in [0.1, 0.15) is 0 Å². The Labute approximate surface area is 146 Å². The van der Waals surface area contributed by atoms with Gasteiger partial charge in [-0.2, -0.15) is 0 Å². The number of carbonyl (C=O) groups excluding carboxylic acids is 2. The summed E-state index contributed by atoms with van der Waals surface area (Å²) in [7, 11) is 0. The van der Waals surface area contributed by atoms with E-state index in [0.29, 0.717) is 23.8 Å². The fourth-order valence-electron chi connectivity index (χ4n) is 2.83. The summed E-state index contributed by atoms with van der Waals surface area (Å²) < 4.78 is 0. The van der Waals surface area contributed by atoms with Gasteiger partial charge in [0.25, 0.3) is 0 Å². The smallest absolute Gasteiger partial charge is 0.229 e. The lowest BCUT2D eigenvalue weighted by Gasteiger charge is -2.17. The Morgan fingerprint density at radius 1 is 1.25 bits per heavy atom. The minimum atomic E-state index is -0.332. The predicted molar refractivity (Wildman–Crippen MR) is 94.8 cm³/mol. The van der Waals surface area contributed by atoms with E-state index in [1.54, 1.807) is 29.2 Å². The largest absolute Gasteiger partial charge is 0.338 e. The second kappa shape index (κ2) is 7.05. The molecular formula is C19H19ClN2O2. The van der Waals surface area contributed by atoms with Crippen LogP contribution in [0.4, 0.5) is 5.69 Å². The number of aryl methyl sites for hydroxylation is 1. The van der Waals surface area contributed by atoms with Crippen LogP contribution in [-0.2, 0) is 16.1 Å². The van der Waals surface area contributed by atoms with Gasteiger partial charge in [-0.15, -0.1) is 0 Å². The highest BCUT2D eigenvalue weighted by molar-refractivity contribution is 6.30. The van der Waals surface area contributed by atoms with Gasteiger partial charge in [-0.1, -0.05) is 47.5 Å². The third-order valence-corrected chi connectivity index (χ3v) is 4.41. The number of rotatable bonds is 4. The highest BCUT2D eigenvalue weighted by atomic mass is 35.5. The van der Waals surface area contributed by atoms with Crippen LogP contribution in [0.1, 0.15) is 17.5 Å². The molecule has 2 aromatic carbocycles. The molecule has 1 aliphatic heterocycles. The quantitative estimate of drug-likeness (QED) is 0.922. The van der Waals surface area contributed by atoms with Crippen molar-refractivity contribution in [2.75, 3.05) is 11.9 Å². The summed E-state index contributed by atoms with van der Waals surface area (Å²) in [4.78, 5) is 26.3. The normalized spacial score (nSPS) is 17.2. The Morgan fingerprint density at radius 2 is 2.00 bits per heavy atom. The highest BCUT2D eigenvalue weighted by Gasteiger charge is 2.34. The average molecular weight is 343 g/mol. The second-order valence-corrected chi connectivity index (χ2v) is 6.60. The van der Waals surface area contributed by atoms with Gasteiger partial charge in [0.2, 0.25) is 11.8 Å². The van der Waals surface area contributed by atoms with Crippen LogP contribution in [-0.4, -0.2) is 23.3 Å². The van der Waals surface area contributed by atoms with Crippen LogP contribution in [0.5, 0.6) is 0 Å². The predicted octanol–water partition coefficient (Wildman–Crippen LogP) is 3.64. The molecule has 2 aromatic rings. The number of nitrogens with one attached hydrogen (secondary N) is 1. The molecule has 3 rings (SSSR count). The summed E-state index contributed by atoms with van der Waals surface area (Å²) in [6.45, 7) is 3.01. The number of carbonyl (C=O) groups is 2. The van der Waals surface area contributed by atoms with Crippen LogP contribution in [0.15, 0.2) is 48.5 Å². The van der Waals surface area contributed by atoms with Crippen molar-refractivity contribution >= 4 is 29.1 Å². The first-order valence-electron chi connectivity index (χ1n) is 7.91. The molecule has 0 radical (unpaired) electrons. The maximum Gasteiger partial charge on any atom is 0.229 e. The second-order valence-electron chi connectivity index (χ2n) is 6.16. The fourth-order valence-corrected chi connectivity index (χ4v) is 3.02. The van der Waals surface area contributed by atoms with Crippen LogP contribution in [0.25, 0.3) is 0 Å². The monoisotopic (exact) mass is 342 g/mol. The van der Waals surface area contributed by atoms with Crippen molar-refractivity contribution in [3.63, 3.8) is 0 Å². The first-order chi connectivity index (χ1) is 11.5. The lowest BCUT2D eigenvalue weighted by molar-refractivity contribution is -0.128. The van der Waals surface area contributed by atoms with E-state index in [0.717, 1.165) is 5.56 Å². The van der Waals surface area contributed by atoms with Gasteiger partial charge in [0.05, 0.1) is 5.92 Å². The van der Waals surface area contributed by atoms with Crippen molar-refractivity contribution < 1.29 is 9.59 Å². The van der Waals surface area contributed by atoms with E-state index in [1.165, 1.54) is 5.56 Å². The number of halogens is 1. The van der Waals surface area contributed by atoms with E-state index in [1.807, 2.05) is 31.2 Å².